The first-order valence-electron chi connectivity index (χ1n) is 4.45. The topological polar surface area (TPSA) is 12.9 Å². The minimum absolute atomic E-state index is 0.267. The van der Waals surface area contributed by atoms with Crippen LogP contribution < -0.4 is 0 Å². The molecule has 0 unspecified atom stereocenters. The lowest BCUT2D eigenvalue weighted by atomic mass is 10.1. The molecule has 0 aliphatic carbocycles. The van der Waals surface area contributed by atoms with Crippen molar-refractivity contribution in [3.05, 3.63) is 54.0 Å². The Hall–Kier alpha value is -1.70. The first kappa shape index (κ1) is 8.88. The van der Waals surface area contributed by atoms with Crippen LogP contribution in [0.2, 0.25) is 0 Å². The molecule has 0 bridgehead atoms. The smallest absolute Gasteiger partial charge is 0.149 e. The number of nitrogens with zero attached hydrogens (tertiary/aromatic N) is 1. The van der Waals surface area contributed by atoms with Crippen LogP contribution in [0, 0.1) is 12.7 Å². The van der Waals surface area contributed by atoms with E-state index in [2.05, 4.69) is 4.98 Å². The van der Waals surface area contributed by atoms with Crippen molar-refractivity contribution in [1.82, 2.24) is 4.98 Å². The predicted molar refractivity (Wildman–Crippen MR) is 54.4 cm³/mol. The number of aromatic nitrogens is 1. The van der Waals surface area contributed by atoms with Crippen molar-refractivity contribution in [2.24, 2.45) is 0 Å². The second kappa shape index (κ2) is 3.58. The van der Waals surface area contributed by atoms with E-state index in [0.717, 1.165) is 11.1 Å². The molecule has 0 amide bonds. The molecule has 14 heavy (non-hydrogen) atoms. The molecule has 1 aromatic heterocycles. The molecule has 2 aromatic rings. The number of aryl methyl sites for hydroxylation is 1. The Bertz CT molecular complexity index is 437. The molecule has 0 saturated heterocycles. The average Bonchev–Trinajstić information content (AvgIpc) is 2.19. The molecule has 0 radical (unpaired) electrons. The number of halogens is 1. The predicted octanol–water partition coefficient (Wildman–Crippen LogP) is 3.20. The van der Waals surface area contributed by atoms with Gasteiger partial charge in [-0.2, -0.15) is 0 Å². The highest BCUT2D eigenvalue weighted by molar-refractivity contribution is 5.59. The highest BCUT2D eigenvalue weighted by atomic mass is 19.1. The van der Waals surface area contributed by atoms with Gasteiger partial charge in [0, 0.05) is 11.8 Å². The maximum atomic E-state index is 13.5. The third-order valence-corrected chi connectivity index (χ3v) is 2.03. The van der Waals surface area contributed by atoms with Crippen LogP contribution in [0.15, 0.2) is 42.6 Å². The SMILES string of the molecule is Cc1cnc(-c2ccccc2)c(F)c1. The van der Waals surface area contributed by atoms with Crippen molar-refractivity contribution in [2.75, 3.05) is 0 Å². The highest BCUT2D eigenvalue weighted by Gasteiger charge is 2.05. The molecule has 0 aliphatic heterocycles. The van der Waals surface area contributed by atoms with Gasteiger partial charge in [-0.05, 0) is 18.6 Å². The van der Waals surface area contributed by atoms with Crippen LogP contribution in [0.4, 0.5) is 4.39 Å². The van der Waals surface area contributed by atoms with Gasteiger partial charge < -0.3 is 0 Å². The summed E-state index contributed by atoms with van der Waals surface area (Å²) < 4.78 is 13.5. The lowest BCUT2D eigenvalue weighted by molar-refractivity contribution is 0.624. The number of benzene rings is 1. The van der Waals surface area contributed by atoms with Crippen molar-refractivity contribution in [3.63, 3.8) is 0 Å². The number of rotatable bonds is 1. The third-order valence-electron chi connectivity index (χ3n) is 2.03. The number of hydrogen-bond acceptors (Lipinski definition) is 1. The molecule has 0 atom stereocenters. The highest BCUT2D eigenvalue weighted by Crippen LogP contribution is 2.19. The van der Waals surface area contributed by atoms with Gasteiger partial charge in [-0.1, -0.05) is 30.3 Å². The van der Waals surface area contributed by atoms with Crippen molar-refractivity contribution in [3.8, 4) is 11.3 Å². The van der Waals surface area contributed by atoms with Crippen molar-refractivity contribution in [2.45, 2.75) is 6.92 Å². The van der Waals surface area contributed by atoms with Gasteiger partial charge in [-0.15, -0.1) is 0 Å². The van der Waals surface area contributed by atoms with Gasteiger partial charge in [0.15, 0.2) is 0 Å². The Labute approximate surface area is 82.2 Å². The lowest BCUT2D eigenvalue weighted by Crippen LogP contribution is -1.89. The van der Waals surface area contributed by atoms with Crippen LogP contribution >= 0.6 is 0 Å². The molecule has 0 spiro atoms. The van der Waals surface area contributed by atoms with Crippen LogP contribution in [-0.2, 0) is 0 Å². The normalized spacial score (nSPS) is 10.1. The van der Waals surface area contributed by atoms with Crippen LogP contribution in [0.1, 0.15) is 5.56 Å². The number of hydrogen-bond donors (Lipinski definition) is 0. The van der Waals surface area contributed by atoms with E-state index in [1.54, 1.807) is 6.20 Å². The Morgan fingerprint density at radius 3 is 2.50 bits per heavy atom. The van der Waals surface area contributed by atoms with Crippen molar-refractivity contribution >= 4 is 0 Å². The van der Waals surface area contributed by atoms with E-state index in [4.69, 9.17) is 0 Å². The zero-order chi connectivity index (χ0) is 9.97. The zero-order valence-corrected chi connectivity index (χ0v) is 7.87. The third kappa shape index (κ3) is 1.64. The quantitative estimate of drug-likeness (QED) is 0.668. The van der Waals surface area contributed by atoms with E-state index in [1.807, 2.05) is 37.3 Å². The molecule has 0 fully saturated rings. The van der Waals surface area contributed by atoms with Crippen molar-refractivity contribution < 1.29 is 4.39 Å². The van der Waals surface area contributed by atoms with E-state index in [1.165, 1.54) is 6.07 Å². The summed E-state index contributed by atoms with van der Waals surface area (Å²) in [6.45, 7) is 1.82. The second-order valence-corrected chi connectivity index (χ2v) is 3.21. The number of pyridine rings is 1. The molecule has 1 heterocycles. The zero-order valence-electron chi connectivity index (χ0n) is 7.87. The summed E-state index contributed by atoms with van der Waals surface area (Å²) in [5.41, 5.74) is 2.06. The van der Waals surface area contributed by atoms with Crippen LogP contribution in [0.3, 0.4) is 0 Å². The molecule has 1 aromatic carbocycles. The Balaban J connectivity index is 2.53. The van der Waals surface area contributed by atoms with Crippen molar-refractivity contribution in [1.29, 1.82) is 0 Å². The van der Waals surface area contributed by atoms with Gasteiger partial charge in [0.05, 0.1) is 0 Å². The monoisotopic (exact) mass is 187 g/mol. The fraction of sp³-hybridized carbons (Fsp3) is 0.0833. The summed E-state index contributed by atoms with van der Waals surface area (Å²) in [6, 6.07) is 10.8. The largest absolute Gasteiger partial charge is 0.253 e. The maximum Gasteiger partial charge on any atom is 0.149 e. The first-order chi connectivity index (χ1) is 6.77. The minimum atomic E-state index is -0.267. The van der Waals surface area contributed by atoms with E-state index in [0.29, 0.717) is 5.69 Å². The van der Waals surface area contributed by atoms with Crippen LogP contribution in [-0.4, -0.2) is 4.98 Å². The molecule has 1 nitrogen and oxygen atoms in total. The summed E-state index contributed by atoms with van der Waals surface area (Å²) in [7, 11) is 0. The summed E-state index contributed by atoms with van der Waals surface area (Å²) >= 11 is 0. The summed E-state index contributed by atoms with van der Waals surface area (Å²) in [5, 5.41) is 0. The van der Waals surface area contributed by atoms with Gasteiger partial charge in [0.25, 0.3) is 0 Å². The van der Waals surface area contributed by atoms with E-state index < -0.39 is 0 Å². The summed E-state index contributed by atoms with van der Waals surface area (Å²) in [4.78, 5) is 4.07. The molecule has 70 valence electrons. The molecular formula is C12H10FN. The van der Waals surface area contributed by atoms with E-state index in [-0.39, 0.29) is 5.82 Å². The molecule has 0 saturated carbocycles. The van der Waals surface area contributed by atoms with E-state index >= 15 is 0 Å². The maximum absolute atomic E-state index is 13.5. The first-order valence-corrected chi connectivity index (χ1v) is 4.45. The van der Waals surface area contributed by atoms with Crippen LogP contribution in [0.25, 0.3) is 11.3 Å². The minimum Gasteiger partial charge on any atom is -0.253 e. The van der Waals surface area contributed by atoms with Gasteiger partial charge in [-0.25, -0.2) is 4.39 Å². The van der Waals surface area contributed by atoms with Gasteiger partial charge in [-0.3, -0.25) is 4.98 Å². The van der Waals surface area contributed by atoms with Gasteiger partial charge in [0.1, 0.15) is 11.5 Å². The summed E-state index contributed by atoms with van der Waals surface area (Å²) in [6.07, 6.45) is 1.67. The second-order valence-electron chi connectivity index (χ2n) is 3.21. The molecule has 0 aliphatic rings. The molecular weight excluding hydrogens is 177 g/mol. The van der Waals surface area contributed by atoms with E-state index in [9.17, 15) is 4.39 Å². The summed E-state index contributed by atoms with van der Waals surface area (Å²) in [5.74, 6) is -0.267. The molecule has 2 rings (SSSR count). The Morgan fingerprint density at radius 2 is 1.86 bits per heavy atom. The van der Waals surface area contributed by atoms with Crippen LogP contribution in [0.5, 0.6) is 0 Å². The van der Waals surface area contributed by atoms with Gasteiger partial charge >= 0.3 is 0 Å². The average molecular weight is 187 g/mol. The molecule has 0 N–H and O–H groups in total. The fourth-order valence-corrected chi connectivity index (χ4v) is 1.34. The standard InChI is InChI=1S/C12H10FN/c1-9-7-11(13)12(14-8-9)10-5-3-2-4-6-10/h2-8H,1H3. The lowest BCUT2D eigenvalue weighted by Gasteiger charge is -2.02. The molecule has 2 heteroatoms. The Kier molecular flexibility index (Phi) is 2.27. The fourth-order valence-electron chi connectivity index (χ4n) is 1.34. The van der Waals surface area contributed by atoms with Gasteiger partial charge in [0.2, 0.25) is 0 Å². The Morgan fingerprint density at radius 1 is 1.14 bits per heavy atom.